The standard InChI is InChI=1S/C30H28N4O3/c1-3-37-30(36)26-27(21-14-8-5-9-15-21)34(2)28(33-26)24(18-20-12-6-4-7-13-20)32-29(35)25-19-22-16-10-11-17-23(22)31-25/h4-17,19,24,31H,3,18H2,1-2H3,(H,32,35). The van der Waals surface area contributed by atoms with Crippen LogP contribution in [-0.4, -0.2) is 33.0 Å². The Morgan fingerprint density at radius 3 is 2.35 bits per heavy atom. The lowest BCUT2D eigenvalue weighted by Gasteiger charge is -2.19. The number of fused-ring (bicyclic) bond motifs is 1. The zero-order valence-electron chi connectivity index (χ0n) is 20.8. The number of hydrogen-bond donors (Lipinski definition) is 2. The third-order valence-electron chi connectivity index (χ3n) is 6.32. The lowest BCUT2D eigenvalue weighted by molar-refractivity contribution is 0.0520. The van der Waals surface area contributed by atoms with Gasteiger partial charge in [-0.05, 0) is 31.0 Å². The highest BCUT2D eigenvalue weighted by Gasteiger charge is 2.28. The van der Waals surface area contributed by atoms with Crippen molar-refractivity contribution >= 4 is 22.8 Å². The van der Waals surface area contributed by atoms with E-state index in [4.69, 9.17) is 9.72 Å². The molecule has 0 saturated carbocycles. The zero-order valence-corrected chi connectivity index (χ0v) is 20.8. The van der Waals surface area contributed by atoms with Crippen molar-refractivity contribution in [3.8, 4) is 11.3 Å². The predicted molar refractivity (Wildman–Crippen MR) is 143 cm³/mol. The monoisotopic (exact) mass is 492 g/mol. The Bertz CT molecular complexity index is 1500. The molecule has 5 rings (SSSR count). The molecule has 2 heterocycles. The molecule has 3 aromatic carbocycles. The molecule has 7 heteroatoms. The minimum atomic E-state index is -0.503. The maximum absolute atomic E-state index is 13.4. The number of imidazole rings is 1. The van der Waals surface area contributed by atoms with E-state index in [1.54, 1.807) is 6.92 Å². The largest absolute Gasteiger partial charge is 0.461 e. The molecule has 1 amide bonds. The van der Waals surface area contributed by atoms with Gasteiger partial charge in [0.05, 0.1) is 18.3 Å². The zero-order chi connectivity index (χ0) is 25.8. The minimum absolute atomic E-state index is 0.225. The molecule has 0 spiro atoms. The van der Waals surface area contributed by atoms with Gasteiger partial charge in [-0.2, -0.15) is 0 Å². The number of rotatable bonds is 8. The molecule has 37 heavy (non-hydrogen) atoms. The van der Waals surface area contributed by atoms with Gasteiger partial charge in [0.1, 0.15) is 11.5 Å². The molecule has 5 aromatic rings. The van der Waals surface area contributed by atoms with Crippen LogP contribution in [0.25, 0.3) is 22.2 Å². The van der Waals surface area contributed by atoms with Gasteiger partial charge >= 0.3 is 5.97 Å². The first-order chi connectivity index (χ1) is 18.0. The summed E-state index contributed by atoms with van der Waals surface area (Å²) in [6, 6.07) is 28.6. The highest BCUT2D eigenvalue weighted by atomic mass is 16.5. The molecule has 0 aliphatic rings. The number of amides is 1. The number of H-pyrrole nitrogens is 1. The summed E-state index contributed by atoms with van der Waals surface area (Å²) in [5.41, 5.74) is 4.09. The molecule has 0 fully saturated rings. The summed E-state index contributed by atoms with van der Waals surface area (Å²) in [7, 11) is 1.86. The van der Waals surface area contributed by atoms with E-state index in [1.807, 2.05) is 103 Å². The maximum Gasteiger partial charge on any atom is 0.359 e. The smallest absolute Gasteiger partial charge is 0.359 e. The summed E-state index contributed by atoms with van der Waals surface area (Å²) in [5.74, 6) is -0.182. The highest BCUT2D eigenvalue weighted by Crippen LogP contribution is 2.29. The molecule has 0 aliphatic carbocycles. The topological polar surface area (TPSA) is 89.0 Å². The fraction of sp³-hybridized carbons (Fsp3) is 0.167. The Morgan fingerprint density at radius 2 is 1.65 bits per heavy atom. The first-order valence-corrected chi connectivity index (χ1v) is 12.3. The van der Waals surface area contributed by atoms with Gasteiger partial charge in [-0.3, -0.25) is 4.79 Å². The van der Waals surface area contributed by atoms with Crippen LogP contribution in [0.2, 0.25) is 0 Å². The molecule has 0 saturated heterocycles. The van der Waals surface area contributed by atoms with Crippen LogP contribution in [0, 0.1) is 0 Å². The highest BCUT2D eigenvalue weighted by molar-refractivity contribution is 5.98. The number of benzene rings is 3. The van der Waals surface area contributed by atoms with Crippen LogP contribution >= 0.6 is 0 Å². The third-order valence-corrected chi connectivity index (χ3v) is 6.32. The van der Waals surface area contributed by atoms with E-state index in [-0.39, 0.29) is 18.2 Å². The van der Waals surface area contributed by atoms with Gasteiger partial charge in [-0.25, -0.2) is 9.78 Å². The quantitative estimate of drug-likeness (QED) is 0.282. The van der Waals surface area contributed by atoms with E-state index in [1.165, 1.54) is 0 Å². The fourth-order valence-electron chi connectivity index (χ4n) is 4.58. The summed E-state index contributed by atoms with van der Waals surface area (Å²) in [6.07, 6.45) is 0.494. The third kappa shape index (κ3) is 5.02. The molecule has 1 unspecified atom stereocenters. The Balaban J connectivity index is 1.57. The Morgan fingerprint density at radius 1 is 0.973 bits per heavy atom. The number of aromatic nitrogens is 3. The van der Waals surface area contributed by atoms with Crippen LogP contribution < -0.4 is 5.32 Å². The van der Waals surface area contributed by atoms with E-state index in [2.05, 4.69) is 10.3 Å². The molecular formula is C30H28N4O3. The number of carbonyl (C=O) groups is 2. The van der Waals surface area contributed by atoms with Gasteiger partial charge in [0.2, 0.25) is 0 Å². The molecule has 0 aliphatic heterocycles. The number of carbonyl (C=O) groups excluding carboxylic acids is 2. The number of hydrogen-bond acceptors (Lipinski definition) is 4. The van der Waals surface area contributed by atoms with Gasteiger partial charge in [-0.1, -0.05) is 78.9 Å². The van der Waals surface area contributed by atoms with Crippen molar-refractivity contribution < 1.29 is 14.3 Å². The number of para-hydroxylation sites is 1. The normalized spacial score (nSPS) is 11.8. The lowest BCUT2D eigenvalue weighted by Crippen LogP contribution is -2.32. The average molecular weight is 493 g/mol. The van der Waals surface area contributed by atoms with E-state index >= 15 is 0 Å². The molecule has 0 bridgehead atoms. The van der Waals surface area contributed by atoms with Gasteiger partial charge in [0.15, 0.2) is 5.69 Å². The lowest BCUT2D eigenvalue weighted by atomic mass is 10.0. The van der Waals surface area contributed by atoms with Crippen LogP contribution in [0.5, 0.6) is 0 Å². The van der Waals surface area contributed by atoms with Crippen LogP contribution in [0.4, 0.5) is 0 Å². The Labute approximate surface area is 215 Å². The van der Waals surface area contributed by atoms with Crippen molar-refractivity contribution in [1.82, 2.24) is 19.9 Å². The molecule has 2 aromatic heterocycles. The van der Waals surface area contributed by atoms with Crippen LogP contribution in [0.3, 0.4) is 0 Å². The van der Waals surface area contributed by atoms with Crippen molar-refractivity contribution in [1.29, 1.82) is 0 Å². The summed E-state index contributed by atoms with van der Waals surface area (Å²) < 4.78 is 7.21. The fourth-order valence-corrected chi connectivity index (χ4v) is 4.58. The van der Waals surface area contributed by atoms with Gasteiger partial charge in [0, 0.05) is 23.5 Å². The van der Waals surface area contributed by atoms with Crippen molar-refractivity contribution in [3.63, 3.8) is 0 Å². The van der Waals surface area contributed by atoms with Crippen LogP contribution in [0.1, 0.15) is 45.3 Å². The van der Waals surface area contributed by atoms with Crippen molar-refractivity contribution in [2.75, 3.05) is 6.61 Å². The first-order valence-electron chi connectivity index (χ1n) is 12.3. The summed E-state index contributed by atoms with van der Waals surface area (Å²) >= 11 is 0. The molecule has 1 atom stereocenters. The van der Waals surface area contributed by atoms with E-state index in [0.29, 0.717) is 23.6 Å². The van der Waals surface area contributed by atoms with Crippen molar-refractivity contribution in [2.24, 2.45) is 7.05 Å². The maximum atomic E-state index is 13.4. The molecular weight excluding hydrogens is 464 g/mol. The molecule has 2 N–H and O–H groups in total. The minimum Gasteiger partial charge on any atom is -0.461 e. The Hall–Kier alpha value is -4.65. The van der Waals surface area contributed by atoms with Gasteiger partial charge < -0.3 is 19.6 Å². The second-order valence-electron chi connectivity index (χ2n) is 8.80. The molecule has 7 nitrogen and oxygen atoms in total. The first kappa shape index (κ1) is 24.1. The number of ether oxygens (including phenoxy) is 1. The van der Waals surface area contributed by atoms with Gasteiger partial charge in [0.25, 0.3) is 5.91 Å². The van der Waals surface area contributed by atoms with Crippen LogP contribution in [0.15, 0.2) is 91.0 Å². The summed E-state index contributed by atoms with van der Waals surface area (Å²) in [6.45, 7) is 2.01. The summed E-state index contributed by atoms with van der Waals surface area (Å²) in [5, 5.41) is 4.12. The van der Waals surface area contributed by atoms with Crippen molar-refractivity contribution in [3.05, 3.63) is 114 Å². The number of esters is 1. The second kappa shape index (κ2) is 10.5. The number of aromatic amines is 1. The molecule has 0 radical (unpaired) electrons. The predicted octanol–water partition coefficient (Wildman–Crippen LogP) is 5.46. The Kier molecular flexibility index (Phi) is 6.85. The molecule has 186 valence electrons. The van der Waals surface area contributed by atoms with E-state index in [0.717, 1.165) is 22.0 Å². The van der Waals surface area contributed by atoms with Crippen LogP contribution in [-0.2, 0) is 18.2 Å². The second-order valence-corrected chi connectivity index (χ2v) is 8.80. The van der Waals surface area contributed by atoms with E-state index < -0.39 is 12.0 Å². The number of nitrogens with zero attached hydrogens (tertiary/aromatic N) is 2. The SMILES string of the molecule is CCOC(=O)c1nc(C(Cc2ccccc2)NC(=O)c2cc3ccccc3[nH]2)n(C)c1-c1ccccc1. The van der Waals surface area contributed by atoms with Crippen molar-refractivity contribution in [2.45, 2.75) is 19.4 Å². The van der Waals surface area contributed by atoms with Gasteiger partial charge in [-0.15, -0.1) is 0 Å². The van der Waals surface area contributed by atoms with E-state index in [9.17, 15) is 9.59 Å². The summed E-state index contributed by atoms with van der Waals surface area (Å²) in [4.78, 5) is 34.3. The average Bonchev–Trinajstić information content (AvgIpc) is 3.51. The number of nitrogens with one attached hydrogen (secondary N) is 2.